The molecular formula is C25H23F3N4O2. The van der Waals surface area contributed by atoms with E-state index in [2.05, 4.69) is 15.0 Å². The number of aromatic nitrogens is 3. The monoisotopic (exact) mass is 468 g/mol. The molecule has 3 aliphatic rings. The number of halogens is 3. The Hall–Kier alpha value is -3.49. The van der Waals surface area contributed by atoms with Gasteiger partial charge < -0.3 is 9.64 Å². The predicted octanol–water partition coefficient (Wildman–Crippen LogP) is 4.94. The number of alkyl halides is 3. The lowest BCUT2D eigenvalue weighted by atomic mass is 9.77. The number of hydrogen-bond donors (Lipinski definition) is 0. The largest absolute Gasteiger partial charge is 0.472 e. The number of carbonyl (C=O) groups is 1. The normalized spacial score (nSPS) is 22.0. The van der Waals surface area contributed by atoms with Gasteiger partial charge in [0.1, 0.15) is 11.8 Å². The molecule has 1 aliphatic carbocycles. The van der Waals surface area contributed by atoms with Gasteiger partial charge in [-0.05, 0) is 61.9 Å². The van der Waals surface area contributed by atoms with Crippen molar-refractivity contribution in [3.05, 3.63) is 71.8 Å². The summed E-state index contributed by atoms with van der Waals surface area (Å²) in [6.07, 6.45) is 1.74. The van der Waals surface area contributed by atoms with Crippen molar-refractivity contribution in [2.24, 2.45) is 5.92 Å². The van der Waals surface area contributed by atoms with Gasteiger partial charge in [0.15, 0.2) is 0 Å². The second-order valence-corrected chi connectivity index (χ2v) is 8.81. The summed E-state index contributed by atoms with van der Waals surface area (Å²) in [6.45, 7) is 2.52. The molecule has 0 aromatic carbocycles. The van der Waals surface area contributed by atoms with E-state index >= 15 is 0 Å². The summed E-state index contributed by atoms with van der Waals surface area (Å²) in [4.78, 5) is 28.2. The van der Waals surface area contributed by atoms with Crippen LogP contribution in [0.3, 0.4) is 0 Å². The zero-order chi connectivity index (χ0) is 23.9. The second kappa shape index (κ2) is 8.70. The maximum atomic E-state index is 13.7. The first kappa shape index (κ1) is 22.3. The van der Waals surface area contributed by atoms with Crippen LogP contribution in [-0.2, 0) is 6.18 Å². The number of piperidine rings is 2. The molecule has 176 valence electrons. The van der Waals surface area contributed by atoms with Gasteiger partial charge in [0.2, 0.25) is 5.88 Å². The molecule has 2 aliphatic heterocycles. The predicted molar refractivity (Wildman–Crippen MR) is 118 cm³/mol. The van der Waals surface area contributed by atoms with Crippen LogP contribution in [0.15, 0.2) is 55.0 Å². The fourth-order valence-corrected chi connectivity index (χ4v) is 4.96. The highest BCUT2D eigenvalue weighted by molar-refractivity contribution is 5.99. The van der Waals surface area contributed by atoms with Crippen LogP contribution in [0.1, 0.15) is 40.9 Å². The van der Waals surface area contributed by atoms with E-state index in [0.29, 0.717) is 23.5 Å². The number of carbonyl (C=O) groups excluding carboxylic acids is 1. The highest BCUT2D eigenvalue weighted by Gasteiger charge is 2.45. The molecule has 3 aromatic rings. The molecule has 6 rings (SSSR count). The molecule has 0 unspecified atom stereocenters. The highest BCUT2D eigenvalue weighted by atomic mass is 19.4. The molecule has 0 N–H and O–H groups in total. The molecule has 0 radical (unpaired) electrons. The molecule has 2 saturated heterocycles. The third-order valence-electron chi connectivity index (χ3n) is 6.60. The van der Waals surface area contributed by atoms with E-state index in [-0.39, 0.29) is 29.9 Å². The van der Waals surface area contributed by atoms with Gasteiger partial charge in [0.05, 0.1) is 17.3 Å². The van der Waals surface area contributed by atoms with E-state index in [1.807, 2.05) is 31.2 Å². The Balaban J connectivity index is 1.40. The van der Waals surface area contributed by atoms with Crippen LogP contribution < -0.4 is 4.74 Å². The molecular weight excluding hydrogens is 445 g/mol. The van der Waals surface area contributed by atoms with Crippen LogP contribution in [-0.4, -0.2) is 44.4 Å². The Labute approximate surface area is 194 Å². The number of rotatable bonds is 4. The lowest BCUT2D eigenvalue weighted by Crippen LogP contribution is -2.59. The van der Waals surface area contributed by atoms with Crippen LogP contribution in [0.2, 0.25) is 0 Å². The molecule has 5 heterocycles. The van der Waals surface area contributed by atoms with Gasteiger partial charge in [-0.1, -0.05) is 6.07 Å². The van der Waals surface area contributed by atoms with E-state index in [1.165, 1.54) is 6.07 Å². The van der Waals surface area contributed by atoms with Crippen LogP contribution in [0, 0.1) is 12.8 Å². The maximum Gasteiger partial charge on any atom is 0.417 e. The van der Waals surface area contributed by atoms with Crippen molar-refractivity contribution in [3.63, 3.8) is 0 Å². The summed E-state index contributed by atoms with van der Waals surface area (Å²) in [5, 5.41) is 0. The first-order valence-corrected chi connectivity index (χ1v) is 11.2. The molecule has 6 nitrogen and oxygen atoms in total. The molecule has 3 aromatic heterocycles. The van der Waals surface area contributed by atoms with Crippen molar-refractivity contribution in [1.29, 1.82) is 0 Å². The van der Waals surface area contributed by atoms with E-state index in [0.717, 1.165) is 37.1 Å². The summed E-state index contributed by atoms with van der Waals surface area (Å²) in [7, 11) is 0. The van der Waals surface area contributed by atoms with Crippen molar-refractivity contribution in [3.8, 4) is 17.1 Å². The highest BCUT2D eigenvalue weighted by Crippen LogP contribution is 2.39. The SMILES string of the molecule is Cc1ccnc(C(=O)N2C[C@@H]3CC[C@H]2[C@H](Oc2ccc(C(F)(F)F)cn2)C3)c1-c1ccccn1. The first-order chi connectivity index (χ1) is 16.3. The van der Waals surface area contributed by atoms with E-state index in [9.17, 15) is 18.0 Å². The van der Waals surface area contributed by atoms with Gasteiger partial charge in [0.25, 0.3) is 5.91 Å². The maximum absolute atomic E-state index is 13.7. The van der Waals surface area contributed by atoms with Gasteiger partial charge >= 0.3 is 6.18 Å². The fourth-order valence-electron chi connectivity index (χ4n) is 4.96. The Morgan fingerprint density at radius 3 is 2.59 bits per heavy atom. The van der Waals surface area contributed by atoms with Crippen LogP contribution in [0.25, 0.3) is 11.3 Å². The lowest BCUT2D eigenvalue weighted by Gasteiger charge is -2.49. The summed E-state index contributed by atoms with van der Waals surface area (Å²) in [5.74, 6) is 0.185. The average Bonchev–Trinajstić information content (AvgIpc) is 2.84. The molecule has 0 spiro atoms. The quantitative estimate of drug-likeness (QED) is 0.543. The third-order valence-corrected chi connectivity index (χ3v) is 6.60. The Morgan fingerprint density at radius 2 is 1.91 bits per heavy atom. The Bertz CT molecular complexity index is 1190. The Morgan fingerprint density at radius 1 is 1.06 bits per heavy atom. The van der Waals surface area contributed by atoms with Crippen molar-refractivity contribution >= 4 is 5.91 Å². The van der Waals surface area contributed by atoms with Gasteiger partial charge in [-0.25, -0.2) is 4.98 Å². The molecule has 2 bridgehead atoms. The zero-order valence-electron chi connectivity index (χ0n) is 18.5. The van der Waals surface area contributed by atoms with Gasteiger partial charge in [-0.3, -0.25) is 14.8 Å². The fraction of sp³-hybridized carbons (Fsp3) is 0.360. The van der Waals surface area contributed by atoms with Gasteiger partial charge in [-0.15, -0.1) is 0 Å². The average molecular weight is 468 g/mol. The number of amides is 1. The van der Waals surface area contributed by atoms with Crippen LogP contribution in [0.4, 0.5) is 13.2 Å². The molecule has 9 heteroatoms. The van der Waals surface area contributed by atoms with Crippen LogP contribution in [0.5, 0.6) is 5.88 Å². The topological polar surface area (TPSA) is 68.2 Å². The minimum atomic E-state index is -4.45. The lowest BCUT2D eigenvalue weighted by molar-refractivity contribution is -0.137. The molecule has 1 amide bonds. The Kier molecular flexibility index (Phi) is 5.71. The van der Waals surface area contributed by atoms with Crippen molar-refractivity contribution < 1.29 is 22.7 Å². The number of aryl methyl sites for hydroxylation is 1. The number of pyridine rings is 3. The number of nitrogens with zero attached hydrogens (tertiary/aromatic N) is 4. The molecule has 1 saturated carbocycles. The summed E-state index contributed by atoms with van der Waals surface area (Å²) < 4.78 is 44.6. The number of ether oxygens (including phenoxy) is 1. The number of fused-ring (bicyclic) bond motifs is 3. The summed E-state index contributed by atoms with van der Waals surface area (Å²) in [6, 6.07) is 9.38. The van der Waals surface area contributed by atoms with E-state index in [1.54, 1.807) is 17.3 Å². The minimum Gasteiger partial charge on any atom is -0.472 e. The van der Waals surface area contributed by atoms with Gasteiger partial charge in [-0.2, -0.15) is 13.2 Å². The third kappa shape index (κ3) is 4.22. The van der Waals surface area contributed by atoms with Crippen molar-refractivity contribution in [1.82, 2.24) is 19.9 Å². The minimum absolute atomic E-state index is 0.126. The van der Waals surface area contributed by atoms with Gasteiger partial charge in [0, 0.05) is 36.8 Å². The standard InChI is InChI=1S/C25H23F3N4O2/c1-15-9-11-30-23(22(15)18-4-2-3-10-29-18)24(33)32-14-16-5-7-19(32)20(12-16)34-21-8-6-17(13-31-21)25(26,27)28/h2-4,6,8-11,13,16,19-20H,5,7,12,14H2,1H3/t16-,19+,20-/m1/s1. The zero-order valence-corrected chi connectivity index (χ0v) is 18.5. The van der Waals surface area contributed by atoms with Crippen molar-refractivity contribution in [2.45, 2.75) is 44.5 Å². The second-order valence-electron chi connectivity index (χ2n) is 8.81. The van der Waals surface area contributed by atoms with E-state index in [4.69, 9.17) is 4.74 Å². The molecule has 3 atom stereocenters. The first-order valence-electron chi connectivity index (χ1n) is 11.2. The smallest absolute Gasteiger partial charge is 0.417 e. The summed E-state index contributed by atoms with van der Waals surface area (Å²) >= 11 is 0. The molecule has 3 fully saturated rings. The van der Waals surface area contributed by atoms with E-state index < -0.39 is 11.7 Å². The summed E-state index contributed by atoms with van der Waals surface area (Å²) in [5.41, 5.74) is 1.81. The van der Waals surface area contributed by atoms with Crippen LogP contribution >= 0.6 is 0 Å². The number of hydrogen-bond acceptors (Lipinski definition) is 5. The van der Waals surface area contributed by atoms with Crippen molar-refractivity contribution in [2.75, 3.05) is 6.54 Å². The molecule has 34 heavy (non-hydrogen) atoms.